The Kier molecular flexibility index (Phi) is 12.4. The van der Waals surface area contributed by atoms with Crippen molar-refractivity contribution in [2.24, 2.45) is 0 Å². The summed E-state index contributed by atoms with van der Waals surface area (Å²) in [5, 5.41) is 3.35. The maximum Gasteiger partial charge on any atom is 0.474 e. The SMILES string of the molecule is CCC(CCCc1ccc(Sc2cccc(C(F)(F)F)c2)cc1Cl)(COP(=O)(OC)OC)NC(=O)OC(C)(C)C. The van der Waals surface area contributed by atoms with Crippen LogP contribution in [-0.2, 0) is 35.5 Å². The molecule has 7 nitrogen and oxygen atoms in total. The van der Waals surface area contributed by atoms with Crippen molar-refractivity contribution in [1.82, 2.24) is 5.32 Å². The fourth-order valence-electron chi connectivity index (χ4n) is 3.72. The molecular weight excluding hydrogens is 590 g/mol. The van der Waals surface area contributed by atoms with E-state index in [1.54, 1.807) is 39.0 Å². The van der Waals surface area contributed by atoms with Crippen LogP contribution in [0.4, 0.5) is 18.0 Å². The molecule has 1 unspecified atom stereocenters. The van der Waals surface area contributed by atoms with Gasteiger partial charge in [0.05, 0.1) is 17.7 Å². The van der Waals surface area contributed by atoms with E-state index in [0.717, 1.165) is 17.7 Å². The maximum absolute atomic E-state index is 13.0. The van der Waals surface area contributed by atoms with Crippen LogP contribution in [0.5, 0.6) is 0 Å². The Hall–Kier alpha value is -1.75. The number of alkyl halides is 3. The average molecular weight is 626 g/mol. The van der Waals surface area contributed by atoms with Crippen molar-refractivity contribution >= 4 is 37.3 Å². The molecule has 0 fully saturated rings. The second-order valence-electron chi connectivity index (χ2n) is 10.1. The lowest BCUT2D eigenvalue weighted by Gasteiger charge is -2.35. The van der Waals surface area contributed by atoms with Gasteiger partial charge in [-0.3, -0.25) is 13.6 Å². The smallest absolute Gasteiger partial charge is 0.444 e. The van der Waals surface area contributed by atoms with Gasteiger partial charge in [0.2, 0.25) is 0 Å². The second-order valence-corrected chi connectivity index (χ2v) is 13.5. The summed E-state index contributed by atoms with van der Waals surface area (Å²) in [6.07, 6.45) is -3.10. The van der Waals surface area contributed by atoms with Crippen molar-refractivity contribution in [1.29, 1.82) is 0 Å². The summed E-state index contributed by atoms with van der Waals surface area (Å²) in [6.45, 7) is 6.95. The Labute approximate surface area is 243 Å². The molecular formula is C27H36ClF3NO6PS. The summed E-state index contributed by atoms with van der Waals surface area (Å²) in [5.41, 5.74) is -1.55. The number of ether oxygens (including phenoxy) is 1. The highest BCUT2D eigenvalue weighted by Gasteiger charge is 2.36. The molecule has 1 atom stereocenters. The van der Waals surface area contributed by atoms with Crippen molar-refractivity contribution < 1.29 is 40.8 Å². The molecule has 0 aliphatic heterocycles. The summed E-state index contributed by atoms with van der Waals surface area (Å²) < 4.78 is 72.3. The fourth-order valence-corrected chi connectivity index (χ4v) is 5.75. The summed E-state index contributed by atoms with van der Waals surface area (Å²) >= 11 is 7.71. The van der Waals surface area contributed by atoms with Gasteiger partial charge in [0.15, 0.2) is 0 Å². The number of aryl methyl sites for hydroxylation is 1. The second kappa shape index (κ2) is 14.4. The largest absolute Gasteiger partial charge is 0.474 e. The predicted molar refractivity (Wildman–Crippen MR) is 150 cm³/mol. The van der Waals surface area contributed by atoms with Gasteiger partial charge in [-0.1, -0.05) is 42.4 Å². The van der Waals surface area contributed by atoms with Crippen molar-refractivity contribution in [3.63, 3.8) is 0 Å². The molecule has 40 heavy (non-hydrogen) atoms. The molecule has 2 rings (SSSR count). The molecule has 0 saturated carbocycles. The number of benzene rings is 2. The Balaban J connectivity index is 2.13. The van der Waals surface area contributed by atoms with E-state index in [9.17, 15) is 22.5 Å². The number of hydrogen-bond acceptors (Lipinski definition) is 7. The first-order valence-electron chi connectivity index (χ1n) is 12.5. The number of phosphoric acid groups is 1. The summed E-state index contributed by atoms with van der Waals surface area (Å²) in [6, 6.07) is 10.4. The van der Waals surface area contributed by atoms with Gasteiger partial charge in [-0.2, -0.15) is 13.2 Å². The van der Waals surface area contributed by atoms with Crippen LogP contribution in [0.3, 0.4) is 0 Å². The van der Waals surface area contributed by atoms with Gasteiger partial charge in [0, 0.05) is 29.0 Å². The third kappa shape index (κ3) is 10.9. The molecule has 0 aliphatic rings. The Morgan fingerprint density at radius 2 is 1.70 bits per heavy atom. The molecule has 2 aromatic carbocycles. The summed E-state index contributed by atoms with van der Waals surface area (Å²) in [4.78, 5) is 13.8. The van der Waals surface area contributed by atoms with Crippen LogP contribution in [0.2, 0.25) is 5.02 Å². The van der Waals surface area contributed by atoms with E-state index < -0.39 is 36.8 Å². The molecule has 0 saturated heterocycles. The third-order valence-corrected chi connectivity index (χ3v) is 8.58. The molecule has 0 radical (unpaired) electrons. The first-order chi connectivity index (χ1) is 18.5. The number of amides is 1. The summed E-state index contributed by atoms with van der Waals surface area (Å²) in [7, 11) is -1.39. The minimum Gasteiger partial charge on any atom is -0.444 e. The first-order valence-corrected chi connectivity index (χ1v) is 15.2. The Bertz CT molecular complexity index is 1190. The van der Waals surface area contributed by atoms with Gasteiger partial charge in [0.1, 0.15) is 5.60 Å². The van der Waals surface area contributed by atoms with Crippen LogP contribution < -0.4 is 5.32 Å². The molecule has 0 spiro atoms. The zero-order chi connectivity index (χ0) is 30.2. The fraction of sp³-hybridized carbons (Fsp3) is 0.519. The predicted octanol–water partition coefficient (Wildman–Crippen LogP) is 8.92. The molecule has 2 aromatic rings. The van der Waals surface area contributed by atoms with Gasteiger partial charge >= 0.3 is 20.1 Å². The standard InChI is InChI=1S/C27H36ClF3NO6PS/c1-7-26(18-37-39(34,35-5)36-6,32-24(33)38-25(2,3)4)15-9-10-19-13-14-22(17-23(19)28)40-21-12-8-11-20(16-21)27(29,30)31/h8,11-14,16-17H,7,9-10,15,18H2,1-6H3,(H,32,33). The number of rotatable bonds is 13. The third-order valence-electron chi connectivity index (χ3n) is 5.91. The van der Waals surface area contributed by atoms with E-state index in [4.69, 9.17) is 29.9 Å². The van der Waals surface area contributed by atoms with E-state index in [-0.39, 0.29) is 6.61 Å². The number of carbonyl (C=O) groups is 1. The molecule has 0 bridgehead atoms. The van der Waals surface area contributed by atoms with Crippen molar-refractivity contribution in [3.8, 4) is 0 Å². The van der Waals surface area contributed by atoms with Crippen LogP contribution in [0, 0.1) is 0 Å². The van der Waals surface area contributed by atoms with E-state index in [0.29, 0.717) is 40.5 Å². The van der Waals surface area contributed by atoms with Crippen LogP contribution in [-0.4, -0.2) is 38.1 Å². The molecule has 224 valence electrons. The van der Waals surface area contributed by atoms with Crippen LogP contribution in [0.15, 0.2) is 52.3 Å². The number of nitrogens with one attached hydrogen (secondary N) is 1. The minimum absolute atomic E-state index is 0.151. The first kappa shape index (κ1) is 34.5. The quantitative estimate of drug-likeness (QED) is 0.223. The molecule has 0 heterocycles. The summed E-state index contributed by atoms with van der Waals surface area (Å²) in [5.74, 6) is 0. The van der Waals surface area contributed by atoms with Gasteiger partial charge in [-0.05, 0) is 82.3 Å². The lowest BCUT2D eigenvalue weighted by molar-refractivity contribution is -0.137. The Morgan fingerprint density at radius 3 is 2.25 bits per heavy atom. The number of hydrogen-bond donors (Lipinski definition) is 1. The maximum atomic E-state index is 13.0. The highest BCUT2D eigenvalue weighted by Crippen LogP contribution is 2.48. The van der Waals surface area contributed by atoms with Crippen LogP contribution in [0.1, 0.15) is 58.1 Å². The lowest BCUT2D eigenvalue weighted by Crippen LogP contribution is -2.52. The van der Waals surface area contributed by atoms with E-state index in [1.165, 1.54) is 32.0 Å². The van der Waals surface area contributed by atoms with Crippen molar-refractivity contribution in [2.75, 3.05) is 20.8 Å². The normalized spacial score (nSPS) is 14.1. The molecule has 1 N–H and O–H groups in total. The zero-order valence-corrected chi connectivity index (χ0v) is 25.9. The van der Waals surface area contributed by atoms with Gasteiger partial charge < -0.3 is 10.1 Å². The van der Waals surface area contributed by atoms with E-state index in [1.807, 2.05) is 13.0 Å². The Morgan fingerprint density at radius 1 is 1.05 bits per heavy atom. The monoisotopic (exact) mass is 625 g/mol. The number of phosphoric ester groups is 1. The average Bonchev–Trinajstić information content (AvgIpc) is 2.87. The lowest BCUT2D eigenvalue weighted by atomic mass is 9.89. The number of carbonyl (C=O) groups excluding carboxylic acids is 1. The van der Waals surface area contributed by atoms with Crippen LogP contribution in [0.25, 0.3) is 0 Å². The zero-order valence-electron chi connectivity index (χ0n) is 23.4. The highest BCUT2D eigenvalue weighted by molar-refractivity contribution is 7.99. The van der Waals surface area contributed by atoms with E-state index in [2.05, 4.69) is 5.32 Å². The van der Waals surface area contributed by atoms with E-state index >= 15 is 0 Å². The topological polar surface area (TPSA) is 83.1 Å². The molecule has 1 amide bonds. The molecule has 0 aromatic heterocycles. The molecule has 0 aliphatic carbocycles. The minimum atomic E-state index is -4.42. The number of halogens is 4. The van der Waals surface area contributed by atoms with Crippen molar-refractivity contribution in [3.05, 3.63) is 58.6 Å². The van der Waals surface area contributed by atoms with Gasteiger partial charge in [0.25, 0.3) is 0 Å². The number of alkyl carbamates (subject to hydrolysis) is 1. The van der Waals surface area contributed by atoms with Gasteiger partial charge in [-0.15, -0.1) is 0 Å². The highest BCUT2D eigenvalue weighted by atomic mass is 35.5. The van der Waals surface area contributed by atoms with Crippen molar-refractivity contribution in [2.45, 2.75) is 80.5 Å². The molecule has 13 heteroatoms. The van der Waals surface area contributed by atoms with Gasteiger partial charge in [-0.25, -0.2) is 9.36 Å². The van der Waals surface area contributed by atoms with Crippen LogP contribution >= 0.6 is 31.2 Å².